The van der Waals surface area contributed by atoms with E-state index in [1.807, 2.05) is 0 Å². The van der Waals surface area contributed by atoms with Crippen LogP contribution < -0.4 is 9.00 Å². The van der Waals surface area contributed by atoms with Crippen molar-refractivity contribution in [2.24, 2.45) is 0 Å². The van der Waals surface area contributed by atoms with E-state index < -0.39 is 7.96 Å². The average molecular weight is 663 g/mol. The van der Waals surface area contributed by atoms with Gasteiger partial charge in [0.15, 0.2) is 0 Å². The topological polar surface area (TPSA) is 18.5 Å². The molecule has 0 fully saturated rings. The molecule has 0 saturated carbocycles. The van der Waals surface area contributed by atoms with Crippen LogP contribution in [0.1, 0.15) is 49.9 Å². The zero-order valence-electron chi connectivity index (χ0n) is 19.2. The molecule has 2 aromatic rings. The third-order valence-electron chi connectivity index (χ3n) is 5.43. The summed E-state index contributed by atoms with van der Waals surface area (Å²) in [5, 5.41) is 3.95. The molecule has 2 aromatic carbocycles. The molecule has 0 radical (unpaired) electrons. The van der Waals surface area contributed by atoms with Crippen LogP contribution in [0.5, 0.6) is 0 Å². The summed E-state index contributed by atoms with van der Waals surface area (Å²) in [5.41, 5.74) is 7.51. The van der Waals surface area contributed by atoms with Crippen molar-refractivity contribution in [3.8, 4) is 0 Å². The molecule has 1 N–H and O–H groups in total. The number of nitrogens with zero attached hydrogens (tertiary/aromatic N) is 2. The van der Waals surface area contributed by atoms with Gasteiger partial charge in [0.25, 0.3) is 0 Å². The van der Waals surface area contributed by atoms with Crippen molar-refractivity contribution in [1.82, 2.24) is 4.81 Å². The maximum atomic E-state index is 4.05. The molecular formula is C22H33BBr3GeN3. The van der Waals surface area contributed by atoms with Crippen molar-refractivity contribution in [2.75, 3.05) is 9.00 Å². The van der Waals surface area contributed by atoms with Crippen LogP contribution in [0.4, 0.5) is 11.4 Å². The van der Waals surface area contributed by atoms with Crippen LogP contribution in [0.15, 0.2) is 36.4 Å². The number of anilines is 2. The Labute approximate surface area is 206 Å². The summed E-state index contributed by atoms with van der Waals surface area (Å²) in [4.78, 5) is 2.54. The second-order valence-electron chi connectivity index (χ2n) is 8.50. The summed E-state index contributed by atoms with van der Waals surface area (Å²) in [5.74, 6) is 0. The summed E-state index contributed by atoms with van der Waals surface area (Å²) in [6, 6.07) is 13.7. The van der Waals surface area contributed by atoms with Crippen LogP contribution >= 0.6 is 42.0 Å². The van der Waals surface area contributed by atoms with E-state index in [1.54, 1.807) is 0 Å². The minimum atomic E-state index is -2.92. The number of para-hydroxylation sites is 2. The predicted octanol–water partition coefficient (Wildman–Crippen LogP) is 7.56. The summed E-state index contributed by atoms with van der Waals surface area (Å²) in [7, 11) is -2.96. The van der Waals surface area contributed by atoms with Gasteiger partial charge in [-0.15, -0.1) is 0 Å². The molecule has 30 heavy (non-hydrogen) atoms. The Morgan fingerprint density at radius 1 is 0.767 bits per heavy atom. The van der Waals surface area contributed by atoms with E-state index in [0.717, 1.165) is 0 Å². The summed E-state index contributed by atoms with van der Waals surface area (Å²) >= 11 is 12.1. The van der Waals surface area contributed by atoms with Gasteiger partial charge in [-0.05, 0) is 0 Å². The molecule has 2 rings (SSSR count). The van der Waals surface area contributed by atoms with Crippen LogP contribution in [0, 0.1) is 27.7 Å². The van der Waals surface area contributed by atoms with Crippen LogP contribution in [0.2, 0.25) is 0 Å². The van der Waals surface area contributed by atoms with E-state index in [-0.39, 0.29) is 7.12 Å². The van der Waals surface area contributed by atoms with E-state index in [0.29, 0.717) is 12.1 Å². The van der Waals surface area contributed by atoms with Gasteiger partial charge in [-0.2, -0.15) is 0 Å². The van der Waals surface area contributed by atoms with E-state index in [2.05, 4.69) is 148 Å². The van der Waals surface area contributed by atoms with Crippen molar-refractivity contribution in [3.05, 3.63) is 58.7 Å². The molecule has 0 aliphatic heterocycles. The Balaban J connectivity index is 2.77. The van der Waals surface area contributed by atoms with Gasteiger partial charge in [0.1, 0.15) is 0 Å². The quantitative estimate of drug-likeness (QED) is 0.295. The third-order valence-corrected chi connectivity index (χ3v) is 13.5. The fourth-order valence-corrected chi connectivity index (χ4v) is 12.2. The van der Waals surface area contributed by atoms with Gasteiger partial charge in [0.05, 0.1) is 0 Å². The van der Waals surface area contributed by atoms with E-state index >= 15 is 0 Å². The number of hydrogen-bond acceptors (Lipinski definition) is 3. The van der Waals surface area contributed by atoms with Crippen LogP contribution in [0.3, 0.4) is 0 Å². The van der Waals surface area contributed by atoms with E-state index in [1.165, 1.54) is 33.6 Å². The predicted molar refractivity (Wildman–Crippen MR) is 148 cm³/mol. The van der Waals surface area contributed by atoms with Crippen molar-refractivity contribution >= 4 is 68.5 Å². The Morgan fingerprint density at radius 3 is 1.53 bits per heavy atom. The molecule has 0 aromatic heterocycles. The fraction of sp³-hybridized carbons (Fsp3) is 0.455. The molecule has 0 saturated heterocycles. The first-order valence-electron chi connectivity index (χ1n) is 10.4. The molecular weight excluding hydrogens is 629 g/mol. The molecule has 0 aliphatic carbocycles. The molecule has 0 bridgehead atoms. The molecule has 0 amide bonds. The van der Waals surface area contributed by atoms with Gasteiger partial charge in [-0.1, -0.05) is 0 Å². The molecule has 0 heterocycles. The Kier molecular flexibility index (Phi) is 9.45. The van der Waals surface area contributed by atoms with Gasteiger partial charge < -0.3 is 0 Å². The fourth-order valence-electron chi connectivity index (χ4n) is 4.18. The molecule has 0 spiro atoms. The Morgan fingerprint density at radius 2 is 1.17 bits per heavy atom. The monoisotopic (exact) mass is 661 g/mol. The first-order chi connectivity index (χ1) is 13.9. The normalized spacial score (nSPS) is 12.1. The van der Waals surface area contributed by atoms with Gasteiger partial charge >= 0.3 is 208 Å². The SMILES string of the molecule is Cc1cccc(C)c1NB(N(C(C)C)C(C)C)[N](c1c(C)cccc1C)[Ge]([Br])([Br])[Br]. The standard InChI is InChI=1S/C22H33BBr3GeN3/c1-15(2)29(16(3)4)23(28-21-17(5)11-9-12-18(21)6)30(27(24,25)26)22-19(7)13-10-14-20(22)8/h9-16,28H,1-8H3. The van der Waals surface area contributed by atoms with E-state index in [9.17, 15) is 0 Å². The molecule has 8 heteroatoms. The average Bonchev–Trinajstić information content (AvgIpc) is 2.59. The van der Waals surface area contributed by atoms with Crippen LogP contribution in [-0.2, 0) is 0 Å². The Hall–Kier alpha value is 0.0478. The summed E-state index contributed by atoms with van der Waals surface area (Å²) in [6.45, 7) is 17.8. The van der Waals surface area contributed by atoms with Gasteiger partial charge in [0.2, 0.25) is 0 Å². The van der Waals surface area contributed by atoms with E-state index in [4.69, 9.17) is 0 Å². The number of aryl methyl sites for hydroxylation is 4. The number of halogens is 3. The summed E-state index contributed by atoms with van der Waals surface area (Å²) in [6.07, 6.45) is 0. The number of rotatable bonds is 8. The van der Waals surface area contributed by atoms with Crippen LogP contribution in [-0.4, -0.2) is 32.0 Å². The van der Waals surface area contributed by atoms with Crippen molar-refractivity contribution in [2.45, 2.75) is 67.5 Å². The summed E-state index contributed by atoms with van der Waals surface area (Å²) < 4.78 is 2.52. The van der Waals surface area contributed by atoms with Crippen molar-refractivity contribution in [1.29, 1.82) is 0 Å². The molecule has 0 atom stereocenters. The molecule has 3 nitrogen and oxygen atoms in total. The molecule has 0 aliphatic rings. The first kappa shape index (κ1) is 26.3. The van der Waals surface area contributed by atoms with Gasteiger partial charge in [0, 0.05) is 0 Å². The molecule has 0 unspecified atom stereocenters. The van der Waals surface area contributed by atoms with Gasteiger partial charge in [-0.25, -0.2) is 0 Å². The maximum absolute atomic E-state index is 4.05. The second-order valence-corrected chi connectivity index (χ2v) is 46.0. The second kappa shape index (κ2) is 10.8. The third kappa shape index (κ3) is 6.09. The zero-order chi connectivity index (χ0) is 22.8. The first-order valence-corrected chi connectivity index (χ1v) is 26.1. The number of benzene rings is 2. The number of hydrogen-bond donors (Lipinski definition) is 1. The Bertz CT molecular complexity index is 823. The zero-order valence-corrected chi connectivity index (χ0v) is 26.1. The molecule has 164 valence electrons. The van der Waals surface area contributed by atoms with Crippen LogP contribution in [0.25, 0.3) is 0 Å². The minimum absolute atomic E-state index is 0.0391. The van der Waals surface area contributed by atoms with Crippen molar-refractivity contribution < 1.29 is 0 Å². The van der Waals surface area contributed by atoms with Gasteiger partial charge in [-0.3, -0.25) is 0 Å². The van der Waals surface area contributed by atoms with Crippen molar-refractivity contribution in [3.63, 3.8) is 0 Å². The number of nitrogens with one attached hydrogen (secondary N) is 1.